The van der Waals surface area contributed by atoms with Crippen LogP contribution in [0.4, 0.5) is 5.69 Å². The Balaban J connectivity index is 1.92. The van der Waals surface area contributed by atoms with Gasteiger partial charge in [0, 0.05) is 5.56 Å². The van der Waals surface area contributed by atoms with Crippen molar-refractivity contribution in [1.82, 2.24) is 4.90 Å². The highest BCUT2D eigenvalue weighted by molar-refractivity contribution is 6.44. The molecule has 0 bridgehead atoms. The number of amides is 2. The van der Waals surface area contributed by atoms with Crippen molar-refractivity contribution in [3.05, 3.63) is 63.1 Å². The molecule has 128 valence electrons. The summed E-state index contributed by atoms with van der Waals surface area (Å²) in [4.78, 5) is 40.0. The lowest BCUT2D eigenvalue weighted by molar-refractivity contribution is 0.0923. The average molecular weight is 377 g/mol. The van der Waals surface area contributed by atoms with Gasteiger partial charge >= 0.3 is 0 Å². The molecule has 0 saturated heterocycles. The van der Waals surface area contributed by atoms with E-state index in [1.54, 1.807) is 43.3 Å². The molecule has 0 N–H and O–H groups in total. The monoisotopic (exact) mass is 376 g/mol. The third-order valence-electron chi connectivity index (χ3n) is 3.83. The minimum atomic E-state index is -0.467. The number of likely N-dealkylation sites (N-methyl/N-ethyl adjacent to an activating group) is 1. The van der Waals surface area contributed by atoms with Crippen molar-refractivity contribution >= 4 is 46.5 Å². The van der Waals surface area contributed by atoms with Gasteiger partial charge in [-0.05, 0) is 50.5 Å². The predicted molar refractivity (Wildman–Crippen MR) is 96.9 cm³/mol. The Kier molecular flexibility index (Phi) is 4.64. The lowest BCUT2D eigenvalue weighted by atomic mass is 10.1. The third kappa shape index (κ3) is 3.18. The standard InChI is InChI=1S/C18H14Cl2N2O3/c1-21(2)9-16(23)10-3-5-11(6-4-10)22-17(24)12-7-14(19)15(20)8-13(12)18(22)25/h3-8H,9H2,1-2H3. The van der Waals surface area contributed by atoms with Crippen LogP contribution in [0.15, 0.2) is 36.4 Å². The number of hydrogen-bond acceptors (Lipinski definition) is 4. The summed E-state index contributed by atoms with van der Waals surface area (Å²) in [6.45, 7) is 0.281. The van der Waals surface area contributed by atoms with Gasteiger partial charge in [-0.2, -0.15) is 0 Å². The maximum absolute atomic E-state index is 12.6. The summed E-state index contributed by atoms with van der Waals surface area (Å²) in [6, 6.07) is 9.15. The number of hydrogen-bond donors (Lipinski definition) is 0. The van der Waals surface area contributed by atoms with Crippen molar-refractivity contribution in [1.29, 1.82) is 0 Å². The normalized spacial score (nSPS) is 13.6. The number of benzene rings is 2. The molecule has 0 aromatic heterocycles. The van der Waals surface area contributed by atoms with Gasteiger partial charge in [0.05, 0.1) is 33.4 Å². The predicted octanol–water partition coefficient (Wildman–Crippen LogP) is 3.54. The minimum Gasteiger partial charge on any atom is -0.302 e. The number of carbonyl (C=O) groups is 3. The van der Waals surface area contributed by atoms with E-state index in [0.29, 0.717) is 11.3 Å². The second-order valence-corrected chi connectivity index (χ2v) is 6.78. The lowest BCUT2D eigenvalue weighted by Crippen LogP contribution is -2.29. The summed E-state index contributed by atoms with van der Waals surface area (Å²) >= 11 is 11.9. The van der Waals surface area contributed by atoms with Crippen LogP contribution in [-0.2, 0) is 0 Å². The topological polar surface area (TPSA) is 57.7 Å². The molecule has 0 spiro atoms. The number of halogens is 2. The van der Waals surface area contributed by atoms with Crippen LogP contribution in [0.5, 0.6) is 0 Å². The molecule has 3 rings (SSSR count). The average Bonchev–Trinajstić information content (AvgIpc) is 2.79. The van der Waals surface area contributed by atoms with Crippen LogP contribution in [0.2, 0.25) is 10.0 Å². The van der Waals surface area contributed by atoms with Crippen molar-refractivity contribution in [2.75, 3.05) is 25.5 Å². The van der Waals surface area contributed by atoms with Gasteiger partial charge in [-0.15, -0.1) is 0 Å². The second-order valence-electron chi connectivity index (χ2n) is 5.97. The van der Waals surface area contributed by atoms with Crippen LogP contribution in [0, 0.1) is 0 Å². The largest absolute Gasteiger partial charge is 0.302 e. The molecule has 0 radical (unpaired) electrons. The Morgan fingerprint density at radius 2 is 1.44 bits per heavy atom. The number of fused-ring (bicyclic) bond motifs is 1. The van der Waals surface area contributed by atoms with Gasteiger partial charge in [-0.25, -0.2) is 4.90 Å². The molecule has 1 aliphatic heterocycles. The first-order chi connectivity index (χ1) is 11.8. The number of nitrogens with zero attached hydrogens (tertiary/aromatic N) is 2. The summed E-state index contributed by atoms with van der Waals surface area (Å²) in [6.07, 6.45) is 0. The first-order valence-corrected chi connectivity index (χ1v) is 8.21. The molecule has 0 fully saturated rings. The summed E-state index contributed by atoms with van der Waals surface area (Å²) < 4.78 is 0. The molecule has 1 heterocycles. The fourth-order valence-corrected chi connectivity index (χ4v) is 2.97. The molecule has 0 unspecified atom stereocenters. The van der Waals surface area contributed by atoms with Gasteiger partial charge in [0.1, 0.15) is 0 Å². The van der Waals surface area contributed by atoms with Gasteiger partial charge in [0.15, 0.2) is 5.78 Å². The summed E-state index contributed by atoms with van der Waals surface area (Å²) in [5.41, 5.74) is 1.33. The lowest BCUT2D eigenvalue weighted by Gasteiger charge is -2.14. The van der Waals surface area contributed by atoms with Crippen LogP contribution >= 0.6 is 23.2 Å². The third-order valence-corrected chi connectivity index (χ3v) is 4.56. The molecule has 5 nitrogen and oxygen atoms in total. The van der Waals surface area contributed by atoms with Crippen LogP contribution < -0.4 is 4.90 Å². The number of anilines is 1. The second kappa shape index (κ2) is 6.59. The van der Waals surface area contributed by atoms with E-state index in [1.807, 2.05) is 0 Å². The zero-order chi connectivity index (χ0) is 18.3. The first-order valence-electron chi connectivity index (χ1n) is 7.45. The van der Waals surface area contributed by atoms with E-state index in [2.05, 4.69) is 0 Å². The van der Waals surface area contributed by atoms with Gasteiger partial charge in [-0.3, -0.25) is 14.4 Å². The van der Waals surface area contributed by atoms with Crippen molar-refractivity contribution in [3.63, 3.8) is 0 Å². The van der Waals surface area contributed by atoms with Crippen LogP contribution in [0.3, 0.4) is 0 Å². The zero-order valence-corrected chi connectivity index (χ0v) is 15.1. The Morgan fingerprint density at radius 3 is 1.88 bits per heavy atom. The molecule has 2 aromatic carbocycles. The Bertz CT molecular complexity index is 851. The van der Waals surface area contributed by atoms with Crippen molar-refractivity contribution in [2.45, 2.75) is 0 Å². The molecule has 2 amide bonds. The van der Waals surface area contributed by atoms with Crippen LogP contribution in [0.25, 0.3) is 0 Å². The summed E-state index contributed by atoms with van der Waals surface area (Å²) in [5, 5.41) is 0.432. The molecule has 1 aliphatic rings. The molecular formula is C18H14Cl2N2O3. The quantitative estimate of drug-likeness (QED) is 0.604. The maximum Gasteiger partial charge on any atom is 0.266 e. The van der Waals surface area contributed by atoms with E-state index >= 15 is 0 Å². The molecule has 25 heavy (non-hydrogen) atoms. The van der Waals surface area contributed by atoms with Gasteiger partial charge < -0.3 is 4.90 Å². The SMILES string of the molecule is CN(C)CC(=O)c1ccc(N2C(=O)c3cc(Cl)c(Cl)cc3C2=O)cc1. The number of Topliss-reactive ketones (excluding diaryl/α,β-unsaturated/α-hetero) is 1. The molecule has 7 heteroatoms. The van der Waals surface area contributed by atoms with Crippen molar-refractivity contribution in [2.24, 2.45) is 0 Å². The van der Waals surface area contributed by atoms with E-state index in [0.717, 1.165) is 4.90 Å². The Hall–Kier alpha value is -2.21. The van der Waals surface area contributed by atoms with E-state index in [9.17, 15) is 14.4 Å². The number of ketones is 1. The first kappa shape index (κ1) is 17.6. The molecule has 0 atom stereocenters. The Morgan fingerprint density at radius 1 is 0.960 bits per heavy atom. The van der Waals surface area contributed by atoms with Gasteiger partial charge in [0.2, 0.25) is 0 Å². The van der Waals surface area contributed by atoms with Gasteiger partial charge in [-0.1, -0.05) is 23.2 Å². The molecule has 0 aliphatic carbocycles. The molecule has 2 aromatic rings. The summed E-state index contributed by atoms with van der Waals surface area (Å²) in [5.74, 6) is -0.977. The van der Waals surface area contributed by atoms with E-state index in [1.165, 1.54) is 12.1 Å². The van der Waals surface area contributed by atoms with Crippen molar-refractivity contribution in [3.8, 4) is 0 Å². The fourth-order valence-electron chi connectivity index (χ4n) is 2.64. The zero-order valence-electron chi connectivity index (χ0n) is 13.5. The van der Waals surface area contributed by atoms with Crippen LogP contribution in [0.1, 0.15) is 31.1 Å². The number of imide groups is 1. The minimum absolute atomic E-state index is 0.0440. The number of rotatable bonds is 4. The maximum atomic E-state index is 12.6. The van der Waals surface area contributed by atoms with Gasteiger partial charge in [0.25, 0.3) is 11.8 Å². The highest BCUT2D eigenvalue weighted by Crippen LogP contribution is 2.34. The van der Waals surface area contributed by atoms with Crippen molar-refractivity contribution < 1.29 is 14.4 Å². The highest BCUT2D eigenvalue weighted by atomic mass is 35.5. The van der Waals surface area contributed by atoms with E-state index < -0.39 is 11.8 Å². The smallest absolute Gasteiger partial charge is 0.266 e. The Labute approximate surface area is 154 Å². The van der Waals surface area contributed by atoms with E-state index in [-0.39, 0.29) is 33.5 Å². The van der Waals surface area contributed by atoms with E-state index in [4.69, 9.17) is 23.2 Å². The number of carbonyl (C=O) groups excluding carboxylic acids is 3. The molecular weight excluding hydrogens is 363 g/mol. The fraction of sp³-hybridized carbons (Fsp3) is 0.167. The highest BCUT2D eigenvalue weighted by Gasteiger charge is 2.37. The summed E-state index contributed by atoms with van der Waals surface area (Å²) in [7, 11) is 3.61. The molecule has 0 saturated carbocycles. The van der Waals surface area contributed by atoms with Crippen LogP contribution in [-0.4, -0.2) is 43.1 Å².